The topological polar surface area (TPSA) is 351 Å². The summed E-state index contributed by atoms with van der Waals surface area (Å²) in [6.07, 6.45) is 32.4. The molecule has 744 valence electrons. The average molecular weight is 2040 g/mol. The summed E-state index contributed by atoms with van der Waals surface area (Å²) in [6.45, 7) is 51.5. The number of aromatic amines is 1. The fourth-order valence-electron chi connectivity index (χ4n) is 15.6. The van der Waals surface area contributed by atoms with Crippen LogP contribution in [0.5, 0.6) is 12.0 Å². The summed E-state index contributed by atoms with van der Waals surface area (Å²) in [7, 11) is 2.99. The quantitative estimate of drug-likeness (QED) is 0.0117. The number of H-pyrrole nitrogens is 1. The molecule has 0 spiro atoms. The number of nitrogens with one attached hydrogen (secondary N) is 1. The number of fused-ring (bicyclic) bond motifs is 4. The lowest BCUT2D eigenvalue weighted by Crippen LogP contribution is -2.38. The van der Waals surface area contributed by atoms with Crippen molar-refractivity contribution in [1.29, 1.82) is 0 Å². The number of nitrogens with two attached hydrogens (primary N) is 2. The lowest BCUT2D eigenvalue weighted by Gasteiger charge is -2.40. The van der Waals surface area contributed by atoms with E-state index in [2.05, 4.69) is 247 Å². The molecule has 2 unspecified atom stereocenters. The van der Waals surface area contributed by atoms with Crippen LogP contribution in [0, 0.1) is 32.9 Å². The molecule has 0 saturated carbocycles. The number of hydrogen-bond donors (Lipinski definition) is 5. The molecule has 4 aromatic carbocycles. The number of carboxylic acid groups (broad SMARTS) is 2. The summed E-state index contributed by atoms with van der Waals surface area (Å²) in [4.78, 5) is 70.2. The highest BCUT2D eigenvalue weighted by Gasteiger charge is 2.44. The minimum atomic E-state index is -3.04. The molecule has 136 heavy (non-hydrogen) atoms. The Morgan fingerprint density at radius 1 is 0.632 bits per heavy atom. The van der Waals surface area contributed by atoms with Gasteiger partial charge in [0.2, 0.25) is 19.0 Å². The molecule has 1 amide bonds. The van der Waals surface area contributed by atoms with Crippen molar-refractivity contribution in [2.45, 2.75) is 198 Å². The Morgan fingerprint density at radius 3 is 1.43 bits per heavy atom. The molecule has 31 nitrogen and oxygen atoms in total. The maximum Gasteiger partial charge on any atom is 0.341 e. The molecule has 6 atom stereocenters. The van der Waals surface area contributed by atoms with Gasteiger partial charge >= 0.3 is 31.6 Å². The summed E-state index contributed by atoms with van der Waals surface area (Å²) in [5.74, 6) is -0.165. The van der Waals surface area contributed by atoms with E-state index in [1.54, 1.807) is 63.5 Å². The van der Waals surface area contributed by atoms with Crippen LogP contribution in [0.4, 0.5) is 27.4 Å². The Kier molecular flexibility index (Phi) is 54.1. The zero-order valence-corrected chi connectivity index (χ0v) is 88.2. The Hall–Kier alpha value is -9.54. The number of aliphatic carboxylic acids is 2. The number of allylic oxidation sites excluding steroid dienone is 3. The van der Waals surface area contributed by atoms with E-state index in [0.717, 1.165) is 131 Å². The third kappa shape index (κ3) is 40.5. The Labute approximate surface area is 820 Å². The van der Waals surface area contributed by atoms with Crippen molar-refractivity contribution in [2.24, 2.45) is 5.92 Å². The molecule has 5 aliphatic rings. The summed E-state index contributed by atoms with van der Waals surface area (Å²) in [5, 5.41) is 36.1. The van der Waals surface area contributed by atoms with Gasteiger partial charge in [-0.25, -0.2) is 22.7 Å². The smallest absolute Gasteiger partial charge is 0.341 e. The molecule has 5 aromatic heterocycles. The number of aryl methyl sites for hydroxylation is 2. The number of hydrogen-bond acceptors (Lipinski definition) is 23. The zero-order chi connectivity index (χ0) is 101. The number of aromatic nitrogens is 10. The van der Waals surface area contributed by atoms with E-state index < -0.39 is 40.7 Å². The van der Waals surface area contributed by atoms with Gasteiger partial charge in [0.15, 0.2) is 14.0 Å². The van der Waals surface area contributed by atoms with Gasteiger partial charge in [0, 0.05) is 144 Å². The normalized spacial score (nSPS) is 18.6. The summed E-state index contributed by atoms with van der Waals surface area (Å²) in [6, 6.07) is 33.1. The minimum absolute atomic E-state index is 0.0469. The molecule has 0 bridgehead atoms. The first-order valence-corrected chi connectivity index (χ1v) is 55.8. The number of carbonyl (C=O) groups excluding carboxylic acids is 1. The van der Waals surface area contributed by atoms with Crippen LogP contribution in [-0.2, 0) is 70.9 Å². The van der Waals surface area contributed by atoms with E-state index in [4.69, 9.17) is 68.6 Å². The van der Waals surface area contributed by atoms with Crippen LogP contribution in [0.3, 0.4) is 0 Å². The van der Waals surface area contributed by atoms with Gasteiger partial charge in [0.05, 0.1) is 52.3 Å². The number of nitrogens with zero attached hydrogens (tertiary/aromatic N) is 17. The molecule has 0 radical (unpaired) electrons. The van der Waals surface area contributed by atoms with E-state index in [1.807, 2.05) is 39.1 Å². The summed E-state index contributed by atoms with van der Waals surface area (Å²) >= 11 is 3.03. The summed E-state index contributed by atoms with van der Waals surface area (Å²) in [5.41, 5.74) is 21.8. The number of ether oxygens (including phenoxy) is 2. The fraction of sp³-hybridized carbons (Fsp3) is 0.510. The predicted octanol–water partition coefficient (Wildman–Crippen LogP) is 21.2. The van der Waals surface area contributed by atoms with E-state index in [-0.39, 0.29) is 11.9 Å². The first-order chi connectivity index (χ1) is 65.8. The molecule has 5 aliphatic heterocycles. The number of halogens is 2. The molecule has 9 aromatic rings. The number of amides is 1. The molecule has 3 saturated heterocycles. The van der Waals surface area contributed by atoms with Crippen LogP contribution in [0.1, 0.15) is 162 Å². The second-order valence-electron chi connectivity index (χ2n) is 32.9. The van der Waals surface area contributed by atoms with Crippen LogP contribution >= 0.6 is 54.6 Å². The number of likely N-dealkylation sites (tertiary alicyclic amines) is 2. The molecule has 0 aliphatic carbocycles. The number of nitrogen functional groups attached to an aromatic ring is 2. The van der Waals surface area contributed by atoms with Gasteiger partial charge in [-0.1, -0.05) is 174 Å². The number of carbonyl (C=O) groups is 3. The molecular weight excluding hydrogens is 1890 g/mol. The average Bonchev–Trinajstić information content (AvgIpc) is 1.73. The van der Waals surface area contributed by atoms with Gasteiger partial charge in [0.1, 0.15) is 30.9 Å². The Balaban J connectivity index is 0.000000288. The Bertz CT molecular complexity index is 5100. The van der Waals surface area contributed by atoms with Crippen LogP contribution in [0.25, 0.3) is 31.2 Å². The van der Waals surface area contributed by atoms with Crippen molar-refractivity contribution in [1.82, 2.24) is 69.3 Å². The number of alkyl halides is 2. The lowest BCUT2D eigenvalue weighted by molar-refractivity contribution is -0.132. The third-order valence-corrected chi connectivity index (χ3v) is 36.4. The molecular formula is C98H147BrFN20O11P5. The minimum Gasteiger partial charge on any atom is -0.478 e. The molecule has 7 N–H and O–H groups in total. The first-order valence-electron chi connectivity index (χ1n) is 47.4. The van der Waals surface area contributed by atoms with Crippen molar-refractivity contribution < 1.29 is 57.3 Å². The van der Waals surface area contributed by atoms with Crippen LogP contribution in [-0.4, -0.2) is 239 Å². The molecule has 38 heteroatoms. The standard InChI is InChI=1S/2C24H29N5O.C13H18N4O.C9H23O4P5.C7H8N2O2.C7H13N.C6H15N.C4H5BrO2.C3H4N2.CH3F/c2*1-16-6-3-7-17-8-4-10-21(22(16)17)29-13-11-19-20(14-29)26-24(27-23(19)25)30-15-18-9-5-12-28(18)2;1-4-17(12(2)11-14-3)13(18)7-5-9-16-10-6-8-15-16;1-4-7-16(10)11-17(14,8-5-2)13-18(15,12-16)9-6-3;10-7(11)3-1-5-9-6-2-4-8-9;1-4-5-7(2)6-8-3;1-4-7(5-2)6-3;5-3-1-2-4(6)7;1-2-4-5-3-1;1-2/h2*3-4,6-8,10,18H,5,9,11-15H2,1-2H3,(H2,25,26,27);5-8,10,12H,4,9,11H2,1-2H3;14-15H,4-9H2,1-3H3;1-4,6H,5H2,(H,10,11);7H,4-6H2,1-2H3;4-6H2,1-3H3;1-2H,3H2,(H,6,7);1-3H,(H,4,5);1H3/b;;7-5+;;3-1+;;;2-1+;;/t2*18-;12-;;;7-;;;;/m001..0..../s1/i;;;;;;;;;1D. The number of likely N-dealkylation sites (N-methyl/N-ethyl adjacent to an activating group) is 3. The second-order valence-corrected chi connectivity index (χ2v) is 44.8. The number of anilines is 4. The maximum absolute atomic E-state index is 12.7. The van der Waals surface area contributed by atoms with E-state index >= 15 is 0 Å². The highest BCUT2D eigenvalue weighted by atomic mass is 79.9. The number of carboxylic acids is 2. The predicted molar refractivity (Wildman–Crippen MR) is 563 cm³/mol. The van der Waals surface area contributed by atoms with Crippen LogP contribution in [0.15, 0.2) is 165 Å². The highest BCUT2D eigenvalue weighted by molar-refractivity contribution is 9.09. The van der Waals surface area contributed by atoms with Crippen molar-refractivity contribution >= 4 is 117 Å². The molecule has 14 rings (SSSR count). The van der Waals surface area contributed by atoms with Crippen molar-refractivity contribution in [3.8, 4) is 12.0 Å². The SMILES string of the molecule is CCCP1(=O)OP(=P)(CCC)OP(=P)(CCC)O1.CCN(CC)CC.Cc1cccc2cccc(N3CCc4c(N)nc(OC[C@@H]5CCCN5C)nc4C3)c12.Cc1cccc2cccc(N3CCc4c(N)nc(OC[C@@H]5CCCN5C)nc4C3)c12.O=C(O)/C=C/CBr.O=C(O)/C=C/Cn1cccn1.[2H]CF.[C-]#[N+]C[C@@H](C)CCC.[C-]#[N+]C[C@@H](C)N(CC)C(=O)/C=C/Cn1cccn1.c1cn[nH]c1. The van der Waals surface area contributed by atoms with Crippen molar-refractivity contribution in [3.05, 3.63) is 221 Å². The van der Waals surface area contributed by atoms with Crippen molar-refractivity contribution in [2.75, 3.05) is 145 Å². The van der Waals surface area contributed by atoms with Gasteiger partial charge in [0.25, 0.3) is 0 Å². The van der Waals surface area contributed by atoms with E-state index in [0.29, 0.717) is 99.1 Å². The number of benzene rings is 4. The van der Waals surface area contributed by atoms with Gasteiger partial charge in [-0.2, -0.15) is 35.2 Å². The summed E-state index contributed by atoms with van der Waals surface area (Å²) < 4.78 is 61.0. The second kappa shape index (κ2) is 63.9. The van der Waals surface area contributed by atoms with Gasteiger partial charge in [-0.15, -0.1) is 0 Å². The van der Waals surface area contributed by atoms with E-state index in [1.165, 1.54) is 102 Å². The van der Waals surface area contributed by atoms with Crippen LogP contribution < -0.4 is 30.7 Å². The maximum atomic E-state index is 12.7. The number of rotatable bonds is 31. The van der Waals surface area contributed by atoms with Crippen LogP contribution in [0.2, 0.25) is 0 Å². The Morgan fingerprint density at radius 2 is 1.08 bits per heavy atom. The van der Waals surface area contributed by atoms with E-state index in [9.17, 15) is 23.3 Å². The molecule has 10 heterocycles. The van der Waals surface area contributed by atoms with Gasteiger partial charge in [-0.05, 0) is 191 Å². The highest BCUT2D eigenvalue weighted by Crippen LogP contribution is 2.85. The monoisotopic (exact) mass is 2030 g/mol. The zero-order valence-electron chi connectivity index (χ0n) is 82.9. The lowest BCUT2D eigenvalue weighted by atomic mass is 10.00. The fourth-order valence-corrected chi connectivity index (χ4v) is 32.2. The van der Waals surface area contributed by atoms with Gasteiger partial charge < -0.3 is 70.2 Å². The first kappa shape index (κ1) is 115. The van der Waals surface area contributed by atoms with Crippen molar-refractivity contribution in [3.63, 3.8) is 0 Å². The van der Waals surface area contributed by atoms with Gasteiger partial charge in [-0.3, -0.25) is 41.1 Å². The third-order valence-electron chi connectivity index (χ3n) is 22.5. The largest absolute Gasteiger partial charge is 0.478 e. The molecule has 3 fully saturated rings.